The molecule has 0 N–H and O–H groups in total. The number of nitrogens with zero attached hydrogens (tertiary/aromatic N) is 1. The molecule has 0 atom stereocenters. The summed E-state index contributed by atoms with van der Waals surface area (Å²) in [6, 6.07) is 21.7. The molecule has 3 rings (SSSR count). The van der Waals surface area contributed by atoms with Crippen molar-refractivity contribution in [2.75, 3.05) is 0 Å². The third-order valence-corrected chi connectivity index (χ3v) is 7.02. The van der Waals surface area contributed by atoms with Gasteiger partial charge in [-0.25, -0.2) is 0 Å². The molecule has 0 spiro atoms. The number of benzene rings is 2. The van der Waals surface area contributed by atoms with Gasteiger partial charge in [0.1, 0.15) is 0 Å². The van der Waals surface area contributed by atoms with Crippen molar-refractivity contribution < 1.29 is 0 Å². The SMILES string of the molecule is C[Si](C)(c1ccccc1)n1ccc2ccccc21. The fourth-order valence-corrected chi connectivity index (χ4v) is 5.10. The van der Waals surface area contributed by atoms with Gasteiger partial charge < -0.3 is 4.23 Å². The minimum Gasteiger partial charge on any atom is -0.370 e. The van der Waals surface area contributed by atoms with E-state index in [2.05, 4.69) is 84.2 Å². The molecule has 1 heterocycles. The second-order valence-electron chi connectivity index (χ2n) is 5.17. The van der Waals surface area contributed by atoms with Gasteiger partial charge in [0.05, 0.1) is 0 Å². The van der Waals surface area contributed by atoms with Crippen LogP contribution in [0.2, 0.25) is 13.1 Å². The molecule has 1 aromatic heterocycles. The van der Waals surface area contributed by atoms with E-state index >= 15 is 0 Å². The monoisotopic (exact) mass is 251 g/mol. The van der Waals surface area contributed by atoms with E-state index in [4.69, 9.17) is 0 Å². The summed E-state index contributed by atoms with van der Waals surface area (Å²) in [4.78, 5) is 0. The summed E-state index contributed by atoms with van der Waals surface area (Å²) in [5, 5.41) is 2.79. The molecule has 2 aromatic carbocycles. The Morgan fingerprint density at radius 1 is 0.778 bits per heavy atom. The molecule has 0 aliphatic carbocycles. The highest BCUT2D eigenvalue weighted by Crippen LogP contribution is 2.20. The van der Waals surface area contributed by atoms with Crippen LogP contribution in [0.3, 0.4) is 0 Å². The Morgan fingerprint density at radius 2 is 1.44 bits per heavy atom. The zero-order valence-electron chi connectivity index (χ0n) is 10.8. The first-order chi connectivity index (χ1) is 8.69. The van der Waals surface area contributed by atoms with Crippen LogP contribution >= 0.6 is 0 Å². The van der Waals surface area contributed by atoms with Gasteiger partial charge in [0.2, 0.25) is 0 Å². The molecular weight excluding hydrogens is 234 g/mol. The van der Waals surface area contributed by atoms with Gasteiger partial charge in [0, 0.05) is 5.52 Å². The first-order valence-electron chi connectivity index (χ1n) is 6.32. The van der Waals surface area contributed by atoms with E-state index in [9.17, 15) is 0 Å². The summed E-state index contributed by atoms with van der Waals surface area (Å²) in [5.74, 6) is 0. The van der Waals surface area contributed by atoms with Crippen LogP contribution in [0, 0.1) is 0 Å². The van der Waals surface area contributed by atoms with Crippen molar-refractivity contribution >= 4 is 24.3 Å². The maximum absolute atomic E-state index is 2.48. The topological polar surface area (TPSA) is 4.93 Å². The molecule has 0 fully saturated rings. The molecule has 0 unspecified atom stereocenters. The standard InChI is InChI=1S/C16H17NSi/c1-18(2,15-9-4-3-5-10-15)17-13-12-14-8-6-7-11-16(14)17/h3-13H,1-2H3. The van der Waals surface area contributed by atoms with Crippen molar-refractivity contribution in [1.82, 2.24) is 4.23 Å². The van der Waals surface area contributed by atoms with Crippen LogP contribution in [0.25, 0.3) is 10.9 Å². The van der Waals surface area contributed by atoms with Crippen LogP contribution in [0.1, 0.15) is 0 Å². The van der Waals surface area contributed by atoms with Crippen LogP contribution in [0.15, 0.2) is 66.9 Å². The van der Waals surface area contributed by atoms with Gasteiger partial charge in [0.25, 0.3) is 0 Å². The summed E-state index contributed by atoms with van der Waals surface area (Å²) < 4.78 is 2.48. The minimum atomic E-state index is -1.65. The summed E-state index contributed by atoms with van der Waals surface area (Å²) >= 11 is 0. The molecule has 18 heavy (non-hydrogen) atoms. The predicted octanol–water partition coefficient (Wildman–Crippen LogP) is 3.60. The third-order valence-electron chi connectivity index (χ3n) is 3.68. The van der Waals surface area contributed by atoms with E-state index in [1.54, 1.807) is 0 Å². The van der Waals surface area contributed by atoms with Crippen molar-refractivity contribution in [2.24, 2.45) is 0 Å². The number of hydrogen-bond acceptors (Lipinski definition) is 0. The number of aromatic nitrogens is 1. The normalized spacial score (nSPS) is 11.9. The van der Waals surface area contributed by atoms with Crippen molar-refractivity contribution in [3.63, 3.8) is 0 Å². The van der Waals surface area contributed by atoms with Crippen molar-refractivity contribution in [2.45, 2.75) is 13.1 Å². The van der Waals surface area contributed by atoms with Crippen LogP contribution in [-0.4, -0.2) is 12.5 Å². The number of fused-ring (bicyclic) bond motifs is 1. The second-order valence-corrected chi connectivity index (χ2v) is 9.35. The zero-order chi connectivity index (χ0) is 12.6. The van der Waals surface area contributed by atoms with Crippen molar-refractivity contribution in [3.8, 4) is 0 Å². The summed E-state index contributed by atoms with van der Waals surface area (Å²) in [6.07, 6.45) is 2.24. The zero-order valence-corrected chi connectivity index (χ0v) is 11.8. The molecule has 0 saturated heterocycles. The van der Waals surface area contributed by atoms with E-state index in [-0.39, 0.29) is 0 Å². The highest BCUT2D eigenvalue weighted by molar-refractivity contribution is 6.89. The fourth-order valence-electron chi connectivity index (χ4n) is 2.56. The minimum absolute atomic E-state index is 1.33. The number of para-hydroxylation sites is 1. The van der Waals surface area contributed by atoms with Crippen LogP contribution in [0.5, 0.6) is 0 Å². The van der Waals surface area contributed by atoms with Gasteiger partial charge in [-0.1, -0.05) is 48.5 Å². The molecular formula is C16H17NSi. The largest absolute Gasteiger partial charge is 0.370 e. The highest BCUT2D eigenvalue weighted by Gasteiger charge is 2.26. The smallest absolute Gasteiger partial charge is 0.187 e. The molecule has 0 saturated carbocycles. The Bertz CT molecular complexity index is 668. The molecule has 0 aliphatic rings. The van der Waals surface area contributed by atoms with Gasteiger partial charge in [-0.2, -0.15) is 0 Å². The first kappa shape index (κ1) is 11.3. The lowest BCUT2D eigenvalue weighted by atomic mass is 10.3. The van der Waals surface area contributed by atoms with E-state index in [0.717, 1.165) is 0 Å². The van der Waals surface area contributed by atoms with Gasteiger partial charge in [0.15, 0.2) is 8.24 Å². The average molecular weight is 251 g/mol. The Hall–Kier alpha value is -1.80. The van der Waals surface area contributed by atoms with Gasteiger partial charge in [-0.15, -0.1) is 0 Å². The predicted molar refractivity (Wildman–Crippen MR) is 80.9 cm³/mol. The Balaban J connectivity index is 2.20. The summed E-state index contributed by atoms with van der Waals surface area (Å²) in [7, 11) is -1.65. The first-order valence-corrected chi connectivity index (χ1v) is 9.26. The van der Waals surface area contributed by atoms with E-state index in [1.807, 2.05) is 0 Å². The number of hydrogen-bond donors (Lipinski definition) is 0. The average Bonchev–Trinajstić information content (AvgIpc) is 2.84. The second kappa shape index (κ2) is 4.14. The Labute approximate surface area is 109 Å². The van der Waals surface area contributed by atoms with E-state index in [0.29, 0.717) is 0 Å². The molecule has 3 aromatic rings. The van der Waals surface area contributed by atoms with Crippen LogP contribution in [0.4, 0.5) is 0 Å². The molecule has 0 aliphatic heterocycles. The summed E-state index contributed by atoms with van der Waals surface area (Å²) in [6.45, 7) is 4.80. The van der Waals surface area contributed by atoms with Gasteiger partial charge in [-0.05, 0) is 42.0 Å². The molecule has 0 amide bonds. The molecule has 1 nitrogen and oxygen atoms in total. The lowest BCUT2D eigenvalue weighted by Gasteiger charge is -2.26. The van der Waals surface area contributed by atoms with Gasteiger partial charge >= 0.3 is 0 Å². The lowest BCUT2D eigenvalue weighted by Crippen LogP contribution is -2.48. The molecule has 2 heteroatoms. The molecule has 90 valence electrons. The third kappa shape index (κ3) is 1.69. The number of rotatable bonds is 2. The maximum atomic E-state index is 2.48. The quantitative estimate of drug-likeness (QED) is 0.613. The van der Waals surface area contributed by atoms with Crippen LogP contribution in [-0.2, 0) is 0 Å². The molecule has 0 radical (unpaired) electrons. The van der Waals surface area contributed by atoms with Gasteiger partial charge in [-0.3, -0.25) is 0 Å². The fraction of sp³-hybridized carbons (Fsp3) is 0.125. The lowest BCUT2D eigenvalue weighted by molar-refractivity contribution is 1.22. The van der Waals surface area contributed by atoms with E-state index in [1.165, 1.54) is 16.1 Å². The van der Waals surface area contributed by atoms with Crippen molar-refractivity contribution in [1.29, 1.82) is 0 Å². The van der Waals surface area contributed by atoms with E-state index < -0.39 is 8.24 Å². The highest BCUT2D eigenvalue weighted by atomic mass is 28.3. The maximum Gasteiger partial charge on any atom is 0.187 e. The Kier molecular flexibility index (Phi) is 2.60. The van der Waals surface area contributed by atoms with Crippen molar-refractivity contribution in [3.05, 3.63) is 66.9 Å². The molecule has 0 bridgehead atoms. The Morgan fingerprint density at radius 3 is 2.22 bits per heavy atom. The summed E-state index contributed by atoms with van der Waals surface area (Å²) in [5.41, 5.74) is 1.35. The van der Waals surface area contributed by atoms with Crippen LogP contribution < -0.4 is 5.19 Å².